The fraction of sp³-hybridized carbons (Fsp3) is 1.00. The Morgan fingerprint density at radius 2 is 2.60 bits per heavy atom. The van der Waals surface area contributed by atoms with Crippen LogP contribution in [0.5, 0.6) is 0 Å². The van der Waals surface area contributed by atoms with Crippen molar-refractivity contribution in [2.45, 2.75) is 37.7 Å². The van der Waals surface area contributed by atoms with Crippen LogP contribution in [0.25, 0.3) is 0 Å². The summed E-state index contributed by atoms with van der Waals surface area (Å²) in [5, 5.41) is 9.58. The lowest BCUT2D eigenvalue weighted by molar-refractivity contribution is -0.133. The minimum absolute atomic E-state index is 0.0752. The van der Waals surface area contributed by atoms with Crippen LogP contribution in [0.4, 0.5) is 0 Å². The largest absolute Gasteiger partial charge is 0.387 e. The van der Waals surface area contributed by atoms with Crippen molar-refractivity contribution in [2.24, 2.45) is 0 Å². The van der Waals surface area contributed by atoms with Gasteiger partial charge in [0.1, 0.15) is 17.8 Å². The number of aliphatic hydroxyl groups excluding tert-OH is 1. The highest BCUT2D eigenvalue weighted by molar-refractivity contribution is 5.05. The molecule has 2 heterocycles. The summed E-state index contributed by atoms with van der Waals surface area (Å²) in [5.41, 5.74) is -0.731. The molecule has 0 aromatic heterocycles. The third kappa shape index (κ3) is 0.557. The van der Waals surface area contributed by atoms with E-state index in [-0.39, 0.29) is 19.1 Å². The van der Waals surface area contributed by atoms with Gasteiger partial charge in [-0.3, -0.25) is 0 Å². The second-order valence-electron chi connectivity index (χ2n) is 3.03. The number of fused-ring (bicyclic) bond motifs is 2. The number of ether oxygens (including phenoxy) is 2. The van der Waals surface area contributed by atoms with Gasteiger partial charge >= 0.3 is 0 Å². The highest BCUT2D eigenvalue weighted by Gasteiger charge is 2.57. The molecule has 3 heteroatoms. The summed E-state index contributed by atoms with van der Waals surface area (Å²) in [6.45, 7) is 2.35. The van der Waals surface area contributed by atoms with Crippen molar-refractivity contribution in [1.82, 2.24) is 0 Å². The summed E-state index contributed by atoms with van der Waals surface area (Å²) in [7, 11) is 0. The van der Waals surface area contributed by atoms with Crippen LogP contribution in [0, 0.1) is 0 Å². The third-order valence-electron chi connectivity index (χ3n) is 2.44. The van der Waals surface area contributed by atoms with E-state index >= 15 is 0 Å². The van der Waals surface area contributed by atoms with Gasteiger partial charge in [-0.05, 0) is 13.8 Å². The molecule has 2 saturated heterocycles. The van der Waals surface area contributed by atoms with Crippen LogP contribution in [0.2, 0.25) is 0 Å². The van der Waals surface area contributed by atoms with Gasteiger partial charge in [0.15, 0.2) is 0 Å². The first-order chi connectivity index (χ1) is 5.20. The number of hydrogen-bond donors (Lipinski definition) is 1. The van der Waals surface area contributed by atoms with E-state index in [4.69, 9.17) is 10.8 Å². The Morgan fingerprint density at radius 1 is 1.80 bits per heavy atom. The van der Waals surface area contributed by atoms with Crippen LogP contribution < -0.4 is 0 Å². The Balaban J connectivity index is 2.28. The maximum Gasteiger partial charge on any atom is 0.120 e. The van der Waals surface area contributed by atoms with Gasteiger partial charge in [-0.1, -0.05) is 0 Å². The fourth-order valence-corrected chi connectivity index (χ4v) is 1.58. The second-order valence-corrected chi connectivity index (χ2v) is 3.03. The van der Waals surface area contributed by atoms with Crippen LogP contribution in [0.15, 0.2) is 0 Å². The van der Waals surface area contributed by atoms with Crippen molar-refractivity contribution in [2.75, 3.05) is 6.61 Å². The maximum atomic E-state index is 9.58. The molecule has 2 rings (SSSR count). The van der Waals surface area contributed by atoms with Crippen LogP contribution in [0.3, 0.4) is 0 Å². The van der Waals surface area contributed by atoms with Gasteiger partial charge in [-0.15, -0.1) is 0 Å². The molecule has 58 valence electrons. The Hall–Kier alpha value is -0.120. The van der Waals surface area contributed by atoms with Gasteiger partial charge in [0, 0.05) is 1.37 Å². The molecule has 10 heavy (non-hydrogen) atoms. The minimum Gasteiger partial charge on any atom is -0.387 e. The van der Waals surface area contributed by atoms with Gasteiger partial charge in [-0.25, -0.2) is 0 Å². The van der Waals surface area contributed by atoms with Crippen LogP contribution in [0.1, 0.15) is 15.2 Å². The summed E-state index contributed by atoms with van der Waals surface area (Å²) < 4.78 is 18.0. The Morgan fingerprint density at radius 3 is 2.90 bits per heavy atom. The quantitative estimate of drug-likeness (QED) is 0.518. The predicted octanol–water partition coefficient (Wildman–Crippen LogP) is -0.0765. The SMILES string of the molecule is [2H]C[C@]12OC[C@H](O[C@H]1C)[C@@H]2O. The Labute approximate surface area is 61.3 Å². The van der Waals surface area contributed by atoms with Crippen molar-refractivity contribution in [3.8, 4) is 0 Å². The maximum absolute atomic E-state index is 9.58. The van der Waals surface area contributed by atoms with E-state index in [1.165, 1.54) is 0 Å². The number of rotatable bonds is 0. The minimum atomic E-state index is -0.731. The van der Waals surface area contributed by atoms with Crippen molar-refractivity contribution in [1.29, 1.82) is 0 Å². The highest BCUT2D eigenvalue weighted by Crippen LogP contribution is 2.39. The normalized spacial score (nSPS) is 61.0. The van der Waals surface area contributed by atoms with Gasteiger partial charge in [0.05, 0.1) is 12.7 Å². The van der Waals surface area contributed by atoms with Crippen molar-refractivity contribution in [3.63, 3.8) is 0 Å². The van der Waals surface area contributed by atoms with E-state index in [0.717, 1.165) is 0 Å². The fourth-order valence-electron chi connectivity index (χ4n) is 1.58. The first-order valence-electron chi connectivity index (χ1n) is 4.18. The van der Waals surface area contributed by atoms with E-state index in [2.05, 4.69) is 0 Å². The van der Waals surface area contributed by atoms with E-state index in [0.29, 0.717) is 6.61 Å². The van der Waals surface area contributed by atoms with Crippen LogP contribution in [-0.2, 0) is 9.47 Å². The monoisotopic (exact) mass is 145 g/mol. The number of hydrogen-bond acceptors (Lipinski definition) is 3. The molecule has 4 atom stereocenters. The van der Waals surface area contributed by atoms with E-state index in [1.807, 2.05) is 6.92 Å². The first kappa shape index (κ1) is 5.52. The molecule has 0 aromatic rings. The number of aliphatic hydroxyl groups is 1. The summed E-state index contributed by atoms with van der Waals surface area (Å²) in [5.74, 6) is 0. The topological polar surface area (TPSA) is 38.7 Å². The summed E-state index contributed by atoms with van der Waals surface area (Å²) in [4.78, 5) is 0. The molecule has 0 radical (unpaired) electrons. The first-order valence-corrected chi connectivity index (χ1v) is 3.47. The molecular formula is C7H12O3. The molecule has 2 aliphatic heterocycles. The summed E-state index contributed by atoms with van der Waals surface area (Å²) in [6.07, 6.45) is -0.945. The molecule has 0 unspecified atom stereocenters. The van der Waals surface area contributed by atoms with Gasteiger partial charge in [-0.2, -0.15) is 0 Å². The molecule has 0 aliphatic carbocycles. The zero-order chi connectivity index (χ0) is 8.06. The molecule has 2 bridgehead atoms. The van der Waals surface area contributed by atoms with E-state index in [9.17, 15) is 5.11 Å². The molecule has 0 saturated carbocycles. The summed E-state index contributed by atoms with van der Waals surface area (Å²) >= 11 is 0. The molecular weight excluding hydrogens is 132 g/mol. The van der Waals surface area contributed by atoms with Crippen molar-refractivity contribution < 1.29 is 16.0 Å². The van der Waals surface area contributed by atoms with Crippen molar-refractivity contribution >= 4 is 0 Å². The summed E-state index contributed by atoms with van der Waals surface area (Å²) in [6, 6.07) is 0. The van der Waals surface area contributed by atoms with E-state index < -0.39 is 11.7 Å². The average molecular weight is 145 g/mol. The molecule has 0 aromatic carbocycles. The van der Waals surface area contributed by atoms with Crippen molar-refractivity contribution in [3.05, 3.63) is 0 Å². The average Bonchev–Trinajstić information content (AvgIpc) is 2.42. The molecule has 3 nitrogen and oxygen atoms in total. The third-order valence-corrected chi connectivity index (χ3v) is 2.44. The lowest BCUT2D eigenvalue weighted by atomic mass is 9.96. The van der Waals surface area contributed by atoms with Gasteiger partial charge < -0.3 is 14.6 Å². The standard InChI is InChI=1S/C7H12O3/c1-4-7(2)6(8)5(10-4)3-9-7/h4-6,8H,3H2,1-2H3/t4-,5-,6-,7-/m0/s1/i2D. The van der Waals surface area contributed by atoms with E-state index in [1.54, 1.807) is 0 Å². The molecule has 1 N–H and O–H groups in total. The second kappa shape index (κ2) is 1.72. The van der Waals surface area contributed by atoms with Gasteiger partial charge in [0.25, 0.3) is 0 Å². The van der Waals surface area contributed by atoms with Gasteiger partial charge in [0.2, 0.25) is 0 Å². The molecule has 0 amide bonds. The zero-order valence-corrected chi connectivity index (χ0v) is 5.91. The predicted molar refractivity (Wildman–Crippen MR) is 34.7 cm³/mol. The molecule has 0 spiro atoms. The smallest absolute Gasteiger partial charge is 0.120 e. The lowest BCUT2D eigenvalue weighted by Crippen LogP contribution is -2.42. The van der Waals surface area contributed by atoms with Crippen LogP contribution >= 0.6 is 0 Å². The van der Waals surface area contributed by atoms with Crippen LogP contribution in [-0.4, -0.2) is 35.6 Å². The highest BCUT2D eigenvalue weighted by atomic mass is 16.6. The Bertz CT molecular complexity index is 175. The molecule has 2 aliphatic rings. The Kier molecular flexibility index (Phi) is 0.952. The zero-order valence-electron chi connectivity index (χ0n) is 6.91. The molecule has 2 fully saturated rings. The lowest BCUT2D eigenvalue weighted by Gasteiger charge is -2.28.